The van der Waals surface area contributed by atoms with Crippen LogP contribution in [0.25, 0.3) is 11.0 Å². The standard InChI is InChI=1S/C51H61N9O6S/c1-33-6-8-34(9-7-33)29-53-49-45(60(62)63)26-41(31-55-49)67(64,65)56-50(61)44-15-14-38(25-47(44)66-40-24-36-16-19-52-48(36)54-30-40)57-20-17-51(18-21-57)27-39(28-51)59-23-22-58(37-12-13-37)32-46(59)43-5-3-2-4-42(43)35-10-11-35/h2-5,14-16,19,24-26,30-31,33-35,37,39,46H,6-13,17-18,20-23,27-29,32H2,1H3,(H,52,54)(H,53,55)(H,56,61)/t33-,34+,46-/m0/s1. The fourth-order valence-corrected chi connectivity index (χ4v) is 12.6. The van der Waals surface area contributed by atoms with E-state index in [1.54, 1.807) is 41.7 Å². The number of amides is 1. The van der Waals surface area contributed by atoms with Gasteiger partial charge in [-0.3, -0.25) is 24.7 Å². The van der Waals surface area contributed by atoms with E-state index in [0.717, 1.165) is 107 Å². The number of hydrogen-bond acceptors (Lipinski definition) is 12. The lowest BCUT2D eigenvalue weighted by Gasteiger charge is -2.58. The van der Waals surface area contributed by atoms with Gasteiger partial charge in [0.2, 0.25) is 5.82 Å². The van der Waals surface area contributed by atoms with Gasteiger partial charge >= 0.3 is 5.69 Å². The molecule has 1 amide bonds. The molecule has 3 aromatic heterocycles. The summed E-state index contributed by atoms with van der Waals surface area (Å²) in [5.41, 5.74) is 4.49. The van der Waals surface area contributed by atoms with Crippen molar-refractivity contribution in [1.29, 1.82) is 0 Å². The first-order chi connectivity index (χ1) is 32.5. The van der Waals surface area contributed by atoms with Gasteiger partial charge in [-0.15, -0.1) is 0 Å². The van der Waals surface area contributed by atoms with Crippen LogP contribution in [0.1, 0.15) is 117 Å². The van der Waals surface area contributed by atoms with Gasteiger partial charge in [0.1, 0.15) is 22.0 Å². The van der Waals surface area contributed by atoms with Crippen LogP contribution < -0.4 is 19.7 Å². The first-order valence-corrected chi connectivity index (χ1v) is 26.0. The Morgan fingerprint density at radius 2 is 1.67 bits per heavy atom. The molecule has 0 radical (unpaired) electrons. The van der Waals surface area contributed by atoms with Crippen molar-refractivity contribution in [3.63, 3.8) is 0 Å². The van der Waals surface area contributed by atoms with Gasteiger partial charge in [-0.05, 0) is 123 Å². The Morgan fingerprint density at radius 3 is 2.42 bits per heavy atom. The van der Waals surface area contributed by atoms with Gasteiger partial charge in [-0.2, -0.15) is 0 Å². The number of sulfonamides is 1. The topological polar surface area (TPSA) is 179 Å². The lowest BCUT2D eigenvalue weighted by Crippen LogP contribution is -2.60. The molecule has 6 aliphatic rings. The molecular weight excluding hydrogens is 867 g/mol. The number of fused-ring (bicyclic) bond motifs is 1. The van der Waals surface area contributed by atoms with E-state index in [1.807, 2.05) is 12.1 Å². The molecule has 3 N–H and O–H groups in total. The minimum absolute atomic E-state index is 0.00456. The second-order valence-electron chi connectivity index (χ2n) is 20.5. The lowest BCUT2D eigenvalue weighted by molar-refractivity contribution is -0.384. The molecule has 1 atom stereocenters. The van der Waals surface area contributed by atoms with Crippen LogP contribution in [0.3, 0.4) is 0 Å². The van der Waals surface area contributed by atoms with E-state index in [1.165, 1.54) is 38.5 Å². The number of carbonyl (C=O) groups excluding carboxylic acids is 1. The maximum atomic E-state index is 14.0. The quantitative estimate of drug-likeness (QED) is 0.0712. The van der Waals surface area contributed by atoms with E-state index in [4.69, 9.17) is 4.74 Å². The summed E-state index contributed by atoms with van der Waals surface area (Å²) in [5, 5.41) is 16.0. The summed E-state index contributed by atoms with van der Waals surface area (Å²) in [6.45, 7) is 7.85. The number of rotatable bonds is 14. The van der Waals surface area contributed by atoms with Gasteiger partial charge in [-0.25, -0.2) is 23.1 Å². The van der Waals surface area contributed by atoms with Gasteiger partial charge in [0.15, 0.2) is 0 Å². The van der Waals surface area contributed by atoms with Crippen molar-refractivity contribution in [2.45, 2.75) is 113 Å². The fourth-order valence-electron chi connectivity index (χ4n) is 11.7. The van der Waals surface area contributed by atoms with E-state index >= 15 is 0 Å². The number of aromatic nitrogens is 3. The highest BCUT2D eigenvalue weighted by Gasteiger charge is 2.51. The van der Waals surface area contributed by atoms with Crippen molar-refractivity contribution in [2.24, 2.45) is 17.3 Å². The van der Waals surface area contributed by atoms with Crippen molar-refractivity contribution in [3.8, 4) is 11.5 Å². The second kappa shape index (κ2) is 17.8. The molecule has 2 saturated heterocycles. The third-order valence-corrected chi connectivity index (χ3v) is 17.3. The number of piperazine rings is 1. The van der Waals surface area contributed by atoms with Crippen molar-refractivity contribution < 1.29 is 22.9 Å². The highest BCUT2D eigenvalue weighted by atomic mass is 32.2. The molecule has 0 bridgehead atoms. The van der Waals surface area contributed by atoms with Crippen LogP contribution in [0.5, 0.6) is 11.5 Å². The lowest BCUT2D eigenvalue weighted by atomic mass is 9.59. The number of piperidine rings is 1. The highest BCUT2D eigenvalue weighted by molar-refractivity contribution is 7.90. The number of anilines is 2. The zero-order chi connectivity index (χ0) is 45.9. The summed E-state index contributed by atoms with van der Waals surface area (Å²) < 4.78 is 36.0. The van der Waals surface area contributed by atoms with Crippen LogP contribution in [-0.2, 0) is 10.0 Å². The number of carbonyl (C=O) groups is 1. The summed E-state index contributed by atoms with van der Waals surface area (Å²) >= 11 is 0. The summed E-state index contributed by atoms with van der Waals surface area (Å²) in [6, 6.07) is 20.9. The molecule has 16 heteroatoms. The zero-order valence-electron chi connectivity index (χ0n) is 38.2. The average Bonchev–Trinajstić information content (AvgIpc) is 4.28. The smallest absolute Gasteiger partial charge is 0.312 e. The molecule has 6 fully saturated rings. The van der Waals surface area contributed by atoms with Gasteiger partial charge < -0.3 is 19.9 Å². The van der Waals surface area contributed by atoms with Crippen LogP contribution in [0.15, 0.2) is 84.1 Å². The molecule has 15 nitrogen and oxygen atoms in total. The van der Waals surface area contributed by atoms with Crippen LogP contribution in [0.2, 0.25) is 0 Å². The number of hydrogen-bond donors (Lipinski definition) is 3. The van der Waals surface area contributed by atoms with E-state index in [-0.39, 0.29) is 17.1 Å². The van der Waals surface area contributed by atoms with E-state index < -0.39 is 31.4 Å². The Balaban J connectivity index is 0.787. The molecular formula is C51H61N9O6S. The summed E-state index contributed by atoms with van der Waals surface area (Å²) in [4.78, 5) is 44.7. The Kier molecular flexibility index (Phi) is 11.7. The Hall–Kier alpha value is -5.58. The SMILES string of the molecule is C[C@H]1CC[C@@H](CNc2ncc(S(=O)(=O)NC(=O)c3ccc(N4CCC5(CC4)CC(N4CCN(C6CC6)C[C@H]4c4ccccc4C4CC4)C5)cc3Oc3cnc4[nH]ccc4c3)cc2[N+](=O)[O-])CC1. The highest BCUT2D eigenvalue weighted by Crippen LogP contribution is 2.54. The van der Waals surface area contributed by atoms with Crippen molar-refractivity contribution in [1.82, 2.24) is 29.5 Å². The molecule has 4 aliphatic carbocycles. The predicted molar refractivity (Wildman–Crippen MR) is 257 cm³/mol. The normalized spacial score (nSPS) is 23.8. The predicted octanol–water partition coefficient (Wildman–Crippen LogP) is 9.16. The van der Waals surface area contributed by atoms with Gasteiger partial charge in [0.05, 0.1) is 22.9 Å². The van der Waals surface area contributed by atoms with Crippen molar-refractivity contribution in [3.05, 3.63) is 106 Å². The number of H-pyrrole nitrogens is 1. The molecule has 5 aromatic rings. The average molecular weight is 928 g/mol. The number of ether oxygens (including phenoxy) is 1. The molecule has 67 heavy (non-hydrogen) atoms. The van der Waals surface area contributed by atoms with Crippen LogP contribution >= 0.6 is 0 Å². The Morgan fingerprint density at radius 1 is 0.896 bits per heavy atom. The zero-order valence-corrected chi connectivity index (χ0v) is 39.1. The van der Waals surface area contributed by atoms with Crippen LogP contribution in [0.4, 0.5) is 17.2 Å². The van der Waals surface area contributed by atoms with Gasteiger partial charge in [-0.1, -0.05) is 44.0 Å². The molecule has 1 spiro atoms. The first-order valence-electron chi connectivity index (χ1n) is 24.5. The van der Waals surface area contributed by atoms with E-state index in [2.05, 4.69) is 70.9 Å². The summed E-state index contributed by atoms with van der Waals surface area (Å²) in [5.74, 6) is 1.33. The fraction of sp³-hybridized carbons (Fsp3) is 0.510. The number of nitro groups is 1. The second-order valence-corrected chi connectivity index (χ2v) is 22.2. The largest absolute Gasteiger partial charge is 0.455 e. The molecule has 4 saturated carbocycles. The molecule has 352 valence electrons. The Bertz CT molecular complexity index is 2770. The maximum Gasteiger partial charge on any atom is 0.312 e. The first kappa shape index (κ1) is 44.0. The van der Waals surface area contributed by atoms with Crippen molar-refractivity contribution >= 4 is 44.2 Å². The minimum atomic E-state index is -4.59. The number of pyridine rings is 2. The van der Waals surface area contributed by atoms with Gasteiger partial charge in [0, 0.05) is 86.8 Å². The number of benzene rings is 2. The number of aromatic amines is 1. The van der Waals surface area contributed by atoms with Crippen LogP contribution in [-0.4, -0.2) is 95.4 Å². The van der Waals surface area contributed by atoms with Crippen LogP contribution in [0, 0.1) is 27.4 Å². The monoisotopic (exact) mass is 927 g/mol. The molecule has 2 aromatic carbocycles. The van der Waals surface area contributed by atoms with Gasteiger partial charge in [0.25, 0.3) is 15.9 Å². The minimum Gasteiger partial charge on any atom is -0.455 e. The molecule has 5 heterocycles. The maximum absolute atomic E-state index is 14.0. The number of nitrogens with zero attached hydrogens (tertiary/aromatic N) is 6. The van der Waals surface area contributed by atoms with E-state index in [9.17, 15) is 23.3 Å². The van der Waals surface area contributed by atoms with Crippen molar-refractivity contribution in [2.75, 3.05) is 49.5 Å². The Labute approximate surface area is 392 Å². The molecule has 0 unspecified atom stereocenters. The third kappa shape index (κ3) is 9.24. The number of nitrogens with one attached hydrogen (secondary N) is 3. The van der Waals surface area contributed by atoms with E-state index in [0.29, 0.717) is 47.3 Å². The molecule has 2 aliphatic heterocycles. The third-order valence-electron chi connectivity index (χ3n) is 16.0. The summed E-state index contributed by atoms with van der Waals surface area (Å²) in [6.07, 6.45) is 18.4. The summed E-state index contributed by atoms with van der Waals surface area (Å²) in [7, 11) is -4.59. The molecule has 11 rings (SSSR count).